The van der Waals surface area contributed by atoms with Crippen molar-refractivity contribution in [2.45, 2.75) is 96.7 Å². The van der Waals surface area contributed by atoms with Gasteiger partial charge in [0.15, 0.2) is 0 Å². The summed E-state index contributed by atoms with van der Waals surface area (Å²) in [5, 5.41) is 10.4. The summed E-state index contributed by atoms with van der Waals surface area (Å²) >= 11 is 0. The molecule has 3 aromatic rings. The molecule has 0 spiro atoms. The maximum atomic E-state index is 14.3. The number of nitrogens with zero attached hydrogens (tertiary/aromatic N) is 3. The molecule has 4 bridgehead atoms. The van der Waals surface area contributed by atoms with Gasteiger partial charge >= 0.3 is 0 Å². The molecule has 2 aliphatic rings. The van der Waals surface area contributed by atoms with Gasteiger partial charge in [-0.2, -0.15) is 4.98 Å². The van der Waals surface area contributed by atoms with Gasteiger partial charge in [-0.3, -0.25) is 4.79 Å². The molecule has 0 unspecified atom stereocenters. The third kappa shape index (κ3) is 7.24. The van der Waals surface area contributed by atoms with E-state index in [9.17, 15) is 18.3 Å². The summed E-state index contributed by atoms with van der Waals surface area (Å²) in [6, 6.07) is 13.4. The maximum Gasteiger partial charge on any atom is 0.264 e. The number of carbonyl (C=O) groups is 1. The van der Waals surface area contributed by atoms with Gasteiger partial charge in [0.1, 0.15) is 6.61 Å². The van der Waals surface area contributed by atoms with E-state index in [1.165, 1.54) is 12.1 Å². The lowest BCUT2D eigenvalue weighted by Crippen LogP contribution is -2.56. The second kappa shape index (κ2) is 11.8. The van der Waals surface area contributed by atoms with Gasteiger partial charge in [-0.05, 0) is 94.0 Å². The molecule has 2 heterocycles. The Morgan fingerprint density at radius 2 is 1.64 bits per heavy atom. The number of hydrogen-bond donors (Lipinski definition) is 2. The van der Waals surface area contributed by atoms with Gasteiger partial charge in [-0.15, -0.1) is 0 Å². The second-order valence-electron chi connectivity index (χ2n) is 14.3. The molecule has 1 aliphatic heterocycles. The van der Waals surface area contributed by atoms with Crippen LogP contribution in [0.5, 0.6) is 5.88 Å². The molecule has 1 saturated carbocycles. The quantitative estimate of drug-likeness (QED) is 0.351. The molecule has 0 saturated heterocycles. The summed E-state index contributed by atoms with van der Waals surface area (Å²) in [5.74, 6) is 0.170. The number of ether oxygens (including phenoxy) is 1. The van der Waals surface area contributed by atoms with Gasteiger partial charge < -0.3 is 14.7 Å². The molecule has 1 atom stereocenters. The Kier molecular flexibility index (Phi) is 8.54. The summed E-state index contributed by atoms with van der Waals surface area (Å²) in [7, 11) is -4.13. The van der Waals surface area contributed by atoms with Crippen molar-refractivity contribution in [2.24, 2.45) is 11.3 Å². The van der Waals surface area contributed by atoms with Gasteiger partial charge in [0.2, 0.25) is 11.8 Å². The Morgan fingerprint density at radius 1 is 0.977 bits per heavy atom. The van der Waals surface area contributed by atoms with Crippen LogP contribution in [0.3, 0.4) is 0 Å². The fourth-order valence-corrected chi connectivity index (χ4v) is 7.56. The van der Waals surface area contributed by atoms with Crippen molar-refractivity contribution in [2.75, 3.05) is 11.3 Å². The molecule has 9 nitrogen and oxygen atoms in total. The molecular formula is C34H44N4O5S. The van der Waals surface area contributed by atoms with Gasteiger partial charge in [0.25, 0.3) is 15.9 Å². The second-order valence-corrected chi connectivity index (χ2v) is 15.9. The Hall–Kier alpha value is -3.50. The lowest BCUT2D eigenvalue weighted by Gasteiger charge is -2.48. The minimum absolute atomic E-state index is 0.0491. The zero-order valence-electron chi connectivity index (χ0n) is 26.7. The summed E-state index contributed by atoms with van der Waals surface area (Å²) in [5.41, 5.74) is 2.76. The van der Waals surface area contributed by atoms with E-state index >= 15 is 0 Å². The van der Waals surface area contributed by atoms with Gasteiger partial charge in [-0.1, -0.05) is 45.0 Å². The van der Waals surface area contributed by atoms with Crippen molar-refractivity contribution >= 4 is 21.9 Å². The van der Waals surface area contributed by atoms with E-state index in [4.69, 9.17) is 4.74 Å². The number of aromatic nitrogens is 2. The van der Waals surface area contributed by atoms with Crippen LogP contribution in [0.25, 0.3) is 11.3 Å². The van der Waals surface area contributed by atoms with Crippen molar-refractivity contribution in [3.8, 4) is 17.1 Å². The molecule has 2 N–H and O–H groups in total. The molecular weight excluding hydrogens is 576 g/mol. The topological polar surface area (TPSA) is 122 Å². The van der Waals surface area contributed by atoms with E-state index in [1.807, 2.05) is 50.8 Å². The first-order valence-corrected chi connectivity index (χ1v) is 16.7. The average molecular weight is 621 g/mol. The maximum absolute atomic E-state index is 14.3. The van der Waals surface area contributed by atoms with E-state index < -0.39 is 15.6 Å². The fourth-order valence-electron chi connectivity index (χ4n) is 6.57. The first-order valence-electron chi connectivity index (χ1n) is 15.3. The van der Waals surface area contributed by atoms with Crippen LogP contribution >= 0.6 is 0 Å². The zero-order chi connectivity index (χ0) is 32.0. The number of aliphatic hydroxyl groups is 1. The van der Waals surface area contributed by atoms with E-state index in [0.717, 1.165) is 29.5 Å². The highest BCUT2D eigenvalue weighted by atomic mass is 32.2. The highest BCUT2D eigenvalue weighted by Gasteiger charge is 2.42. The molecule has 44 heavy (non-hydrogen) atoms. The van der Waals surface area contributed by atoms with Gasteiger partial charge in [0.05, 0.1) is 22.2 Å². The Balaban J connectivity index is 1.62. The van der Waals surface area contributed by atoms with Crippen molar-refractivity contribution in [3.05, 3.63) is 65.2 Å². The SMILES string of the molecule is Cc1cccc(C)c1-c1cc2nc(n1)NS(=O)(=O)c1cccc(c1)C(=O)N([C@H]1C[C@@H](CC(C)(C)O)C1)[C@H](CC(C)(C)C)CO2. The first-order chi connectivity index (χ1) is 20.5. The van der Waals surface area contributed by atoms with Crippen molar-refractivity contribution < 1.29 is 23.1 Å². The number of sulfonamides is 1. The number of hydrogen-bond acceptors (Lipinski definition) is 7. The third-order valence-corrected chi connectivity index (χ3v) is 9.67. The largest absolute Gasteiger partial charge is 0.475 e. The first kappa shape index (κ1) is 31.9. The molecule has 5 rings (SSSR count). The average Bonchev–Trinajstić information content (AvgIpc) is 2.88. The van der Waals surface area contributed by atoms with E-state index in [2.05, 4.69) is 35.5 Å². The summed E-state index contributed by atoms with van der Waals surface area (Å²) < 4.78 is 36.1. The molecule has 236 valence electrons. The predicted octanol–water partition coefficient (Wildman–Crippen LogP) is 6.14. The lowest BCUT2D eigenvalue weighted by atomic mass is 9.73. The standard InChI is InChI=1S/C34H44N4O5S/c1-21-10-8-11-22(2)30(21)28-17-29-36-32(35-28)37-44(41,42)27-13-9-12-24(16-27)31(39)38(26(20-43-29)19-33(3,4)5)25-14-23(15-25)18-34(6,7)40/h8-13,16-17,23,25-26,40H,14-15,18-20H2,1-7H3,(H,35,36,37)/t23-,25+,26-/m1/s1. The molecule has 1 aromatic heterocycles. The highest BCUT2D eigenvalue weighted by Crippen LogP contribution is 2.40. The highest BCUT2D eigenvalue weighted by molar-refractivity contribution is 7.92. The number of amides is 1. The molecule has 1 aliphatic carbocycles. The molecule has 1 amide bonds. The smallest absolute Gasteiger partial charge is 0.264 e. The van der Waals surface area contributed by atoms with Gasteiger partial charge in [0, 0.05) is 23.2 Å². The van der Waals surface area contributed by atoms with Crippen molar-refractivity contribution in [1.82, 2.24) is 14.9 Å². The Labute approximate surface area is 261 Å². The Morgan fingerprint density at radius 3 is 2.27 bits per heavy atom. The van der Waals surface area contributed by atoms with E-state index in [-0.39, 0.29) is 52.7 Å². The van der Waals surface area contributed by atoms with Crippen LogP contribution < -0.4 is 9.46 Å². The molecule has 0 radical (unpaired) electrons. The molecule has 2 aromatic carbocycles. The number of aryl methyl sites for hydroxylation is 2. The van der Waals surface area contributed by atoms with Crippen LogP contribution in [0.2, 0.25) is 0 Å². The normalized spacial score (nSPS) is 22.0. The van der Waals surface area contributed by atoms with Crippen LogP contribution in [0.15, 0.2) is 53.4 Å². The number of anilines is 1. The number of rotatable bonds is 5. The summed E-state index contributed by atoms with van der Waals surface area (Å²) in [4.78, 5) is 25.2. The van der Waals surface area contributed by atoms with E-state index in [0.29, 0.717) is 24.1 Å². The molecule has 10 heteroatoms. The van der Waals surface area contributed by atoms with Crippen LogP contribution in [-0.2, 0) is 10.0 Å². The van der Waals surface area contributed by atoms with Crippen LogP contribution in [0, 0.1) is 25.2 Å². The summed E-state index contributed by atoms with van der Waals surface area (Å²) in [6.45, 7) is 14.2. The van der Waals surface area contributed by atoms with Crippen molar-refractivity contribution in [1.29, 1.82) is 0 Å². The lowest BCUT2D eigenvalue weighted by molar-refractivity contribution is -0.0154. The zero-order valence-corrected chi connectivity index (χ0v) is 27.5. The third-order valence-electron chi connectivity index (χ3n) is 8.35. The number of nitrogens with one attached hydrogen (secondary N) is 1. The van der Waals surface area contributed by atoms with Crippen LogP contribution in [0.1, 0.15) is 81.8 Å². The minimum Gasteiger partial charge on any atom is -0.475 e. The number of fused-ring (bicyclic) bond motifs is 4. The Bertz CT molecular complexity index is 1630. The van der Waals surface area contributed by atoms with Crippen molar-refractivity contribution in [3.63, 3.8) is 0 Å². The van der Waals surface area contributed by atoms with Crippen LogP contribution in [0.4, 0.5) is 5.95 Å². The minimum atomic E-state index is -4.13. The fraction of sp³-hybridized carbons (Fsp3) is 0.500. The van der Waals surface area contributed by atoms with E-state index in [1.54, 1.807) is 18.2 Å². The van der Waals surface area contributed by atoms with Gasteiger partial charge in [-0.25, -0.2) is 18.1 Å². The summed E-state index contributed by atoms with van der Waals surface area (Å²) in [6.07, 6.45) is 2.81. The number of benzene rings is 2. The van der Waals surface area contributed by atoms with Crippen LogP contribution in [-0.4, -0.2) is 58.6 Å². The predicted molar refractivity (Wildman–Crippen MR) is 171 cm³/mol. The monoisotopic (exact) mass is 620 g/mol. The molecule has 1 fully saturated rings. The number of carbonyl (C=O) groups excluding carboxylic acids is 1.